The van der Waals surface area contributed by atoms with Crippen LogP contribution >= 0.6 is 11.3 Å². The van der Waals surface area contributed by atoms with E-state index in [2.05, 4.69) is 32.9 Å². The molecule has 5 nitrogen and oxygen atoms in total. The Morgan fingerprint density at radius 3 is 2.69 bits per heavy atom. The molecule has 2 heterocycles. The maximum Gasteiger partial charge on any atom is 0.260 e. The Labute approximate surface area is 194 Å². The van der Waals surface area contributed by atoms with Crippen molar-refractivity contribution in [2.45, 2.75) is 59.0 Å². The van der Waals surface area contributed by atoms with Crippen LogP contribution in [-0.4, -0.2) is 36.8 Å². The van der Waals surface area contributed by atoms with Gasteiger partial charge in [-0.15, -0.1) is 0 Å². The number of unbranched alkanes of at least 4 members (excludes halogenated alkanes) is 2. The number of carbonyl (C=O) groups is 1. The lowest BCUT2D eigenvalue weighted by molar-refractivity contribution is 0.0917. The highest BCUT2D eigenvalue weighted by Crippen LogP contribution is 2.32. The first-order valence-electron chi connectivity index (χ1n) is 11.6. The molecule has 0 spiro atoms. The summed E-state index contributed by atoms with van der Waals surface area (Å²) in [6.45, 7) is 8.36. The zero-order valence-electron chi connectivity index (χ0n) is 19.2. The minimum Gasteiger partial charge on any atom is -0.494 e. The number of rotatable bonds is 9. The van der Waals surface area contributed by atoms with Gasteiger partial charge in [-0.25, -0.2) is 4.98 Å². The molecule has 2 aromatic carbocycles. The third-order valence-corrected chi connectivity index (χ3v) is 7.04. The van der Waals surface area contributed by atoms with Gasteiger partial charge in [-0.3, -0.25) is 9.69 Å². The number of ether oxygens (including phenoxy) is 2. The summed E-state index contributed by atoms with van der Waals surface area (Å²) in [5.74, 6) is 0.750. The van der Waals surface area contributed by atoms with Crippen molar-refractivity contribution >= 4 is 32.6 Å². The first kappa shape index (κ1) is 22.7. The number of benzene rings is 2. The zero-order valence-corrected chi connectivity index (χ0v) is 20.0. The van der Waals surface area contributed by atoms with E-state index in [9.17, 15) is 4.79 Å². The van der Waals surface area contributed by atoms with Crippen LogP contribution in [0.5, 0.6) is 5.75 Å². The quantitative estimate of drug-likeness (QED) is 0.357. The lowest BCUT2D eigenvalue weighted by Gasteiger charge is -2.23. The molecule has 0 saturated carbocycles. The number of aryl methyl sites for hydroxylation is 2. The molecule has 1 aromatic heterocycles. The second-order valence-corrected chi connectivity index (χ2v) is 9.54. The molecule has 1 fully saturated rings. The summed E-state index contributed by atoms with van der Waals surface area (Å²) in [5, 5.41) is 0.727. The SMILES string of the molecule is CCCCCOc1ccc(C(=O)N(CC2CCCO2)c2nc3cc(C)c(C)cc3s2)cc1. The lowest BCUT2D eigenvalue weighted by atomic mass is 10.1. The van der Waals surface area contributed by atoms with Gasteiger partial charge in [0, 0.05) is 12.2 Å². The Morgan fingerprint density at radius 1 is 1.19 bits per heavy atom. The first-order chi connectivity index (χ1) is 15.5. The number of thiazole rings is 1. The van der Waals surface area contributed by atoms with E-state index in [1.54, 1.807) is 16.2 Å². The van der Waals surface area contributed by atoms with Crippen LogP contribution in [0.2, 0.25) is 0 Å². The van der Waals surface area contributed by atoms with Crippen LogP contribution in [0.3, 0.4) is 0 Å². The van der Waals surface area contributed by atoms with Gasteiger partial charge < -0.3 is 9.47 Å². The summed E-state index contributed by atoms with van der Waals surface area (Å²) < 4.78 is 12.8. The minimum atomic E-state index is -0.0504. The van der Waals surface area contributed by atoms with Crippen LogP contribution in [0.15, 0.2) is 36.4 Å². The molecular formula is C26H32N2O3S. The zero-order chi connectivity index (χ0) is 22.5. The molecule has 170 valence electrons. The molecule has 1 saturated heterocycles. The van der Waals surface area contributed by atoms with Crippen LogP contribution in [-0.2, 0) is 4.74 Å². The summed E-state index contributed by atoms with van der Waals surface area (Å²) in [5.41, 5.74) is 4.02. The van der Waals surface area contributed by atoms with Crippen molar-refractivity contribution in [2.75, 3.05) is 24.7 Å². The topological polar surface area (TPSA) is 51.7 Å². The number of hydrogen-bond acceptors (Lipinski definition) is 5. The average Bonchev–Trinajstić information content (AvgIpc) is 3.45. The van der Waals surface area contributed by atoms with Gasteiger partial charge in [0.1, 0.15) is 5.75 Å². The summed E-state index contributed by atoms with van der Waals surface area (Å²) in [6.07, 6.45) is 5.43. The molecular weight excluding hydrogens is 420 g/mol. The number of aromatic nitrogens is 1. The maximum absolute atomic E-state index is 13.6. The average molecular weight is 453 g/mol. The number of hydrogen-bond donors (Lipinski definition) is 0. The Bertz CT molecular complexity index is 1020. The van der Waals surface area contributed by atoms with E-state index in [0.717, 1.165) is 53.4 Å². The van der Waals surface area contributed by atoms with E-state index in [-0.39, 0.29) is 12.0 Å². The molecule has 1 atom stereocenters. The van der Waals surface area contributed by atoms with Gasteiger partial charge in [0.25, 0.3) is 5.91 Å². The smallest absolute Gasteiger partial charge is 0.260 e. The van der Waals surface area contributed by atoms with Gasteiger partial charge in [-0.2, -0.15) is 0 Å². The highest BCUT2D eigenvalue weighted by Gasteiger charge is 2.27. The highest BCUT2D eigenvalue weighted by atomic mass is 32.1. The Hall–Kier alpha value is -2.44. The van der Waals surface area contributed by atoms with Gasteiger partial charge in [0.05, 0.1) is 29.5 Å². The monoisotopic (exact) mass is 452 g/mol. The Morgan fingerprint density at radius 2 is 1.97 bits per heavy atom. The second-order valence-electron chi connectivity index (χ2n) is 8.53. The number of nitrogens with zero attached hydrogens (tertiary/aromatic N) is 2. The van der Waals surface area contributed by atoms with Crippen molar-refractivity contribution < 1.29 is 14.3 Å². The van der Waals surface area contributed by atoms with Crippen molar-refractivity contribution in [1.82, 2.24) is 4.98 Å². The van der Waals surface area contributed by atoms with Crippen molar-refractivity contribution in [1.29, 1.82) is 0 Å². The predicted molar refractivity (Wildman–Crippen MR) is 131 cm³/mol. The number of anilines is 1. The molecule has 0 bridgehead atoms. The van der Waals surface area contributed by atoms with E-state index in [0.29, 0.717) is 18.7 Å². The van der Waals surface area contributed by atoms with Gasteiger partial charge in [0.2, 0.25) is 0 Å². The van der Waals surface area contributed by atoms with Crippen LogP contribution in [0.1, 0.15) is 60.5 Å². The largest absolute Gasteiger partial charge is 0.494 e. The first-order valence-corrected chi connectivity index (χ1v) is 12.4. The van der Waals surface area contributed by atoms with Crippen LogP contribution in [0.4, 0.5) is 5.13 Å². The molecule has 1 amide bonds. The molecule has 1 aliphatic heterocycles. The number of carbonyl (C=O) groups excluding carboxylic acids is 1. The van der Waals surface area contributed by atoms with E-state index in [4.69, 9.17) is 14.5 Å². The fraction of sp³-hybridized carbons (Fsp3) is 0.462. The molecule has 4 rings (SSSR count). The second kappa shape index (κ2) is 10.5. The molecule has 1 unspecified atom stereocenters. The highest BCUT2D eigenvalue weighted by molar-refractivity contribution is 7.22. The molecule has 32 heavy (non-hydrogen) atoms. The summed E-state index contributed by atoms with van der Waals surface area (Å²) in [6, 6.07) is 11.7. The van der Waals surface area contributed by atoms with Gasteiger partial charge >= 0.3 is 0 Å². The summed E-state index contributed by atoms with van der Waals surface area (Å²) >= 11 is 1.57. The van der Waals surface area contributed by atoms with Crippen molar-refractivity contribution in [3.05, 3.63) is 53.1 Å². The van der Waals surface area contributed by atoms with Gasteiger partial charge in [-0.05, 0) is 80.6 Å². The van der Waals surface area contributed by atoms with Crippen LogP contribution in [0.25, 0.3) is 10.2 Å². The molecule has 6 heteroatoms. The van der Waals surface area contributed by atoms with E-state index < -0.39 is 0 Å². The Kier molecular flexibility index (Phi) is 7.43. The Balaban J connectivity index is 1.56. The van der Waals surface area contributed by atoms with Crippen molar-refractivity contribution in [2.24, 2.45) is 0 Å². The van der Waals surface area contributed by atoms with Crippen LogP contribution < -0.4 is 9.64 Å². The van der Waals surface area contributed by atoms with Crippen molar-refractivity contribution in [3.8, 4) is 5.75 Å². The van der Waals surface area contributed by atoms with E-state index in [1.807, 2.05) is 24.3 Å². The number of amides is 1. The van der Waals surface area contributed by atoms with Gasteiger partial charge in [0.15, 0.2) is 5.13 Å². The molecule has 3 aromatic rings. The predicted octanol–water partition coefficient (Wildman–Crippen LogP) is 6.31. The van der Waals surface area contributed by atoms with Crippen molar-refractivity contribution in [3.63, 3.8) is 0 Å². The fourth-order valence-corrected chi connectivity index (χ4v) is 4.97. The van der Waals surface area contributed by atoms with Crippen LogP contribution in [0, 0.1) is 13.8 Å². The molecule has 0 N–H and O–H groups in total. The van der Waals surface area contributed by atoms with Gasteiger partial charge in [-0.1, -0.05) is 31.1 Å². The lowest BCUT2D eigenvalue weighted by Crippen LogP contribution is -2.37. The molecule has 0 aliphatic carbocycles. The maximum atomic E-state index is 13.6. The fourth-order valence-electron chi connectivity index (χ4n) is 3.91. The third-order valence-electron chi connectivity index (χ3n) is 6.00. The third kappa shape index (κ3) is 5.30. The minimum absolute atomic E-state index is 0.0504. The van der Waals surface area contributed by atoms with E-state index >= 15 is 0 Å². The summed E-state index contributed by atoms with van der Waals surface area (Å²) in [7, 11) is 0. The standard InChI is InChI=1S/C26H32N2O3S/c1-4-5-6-13-30-21-11-9-20(10-12-21)25(29)28(17-22-8-7-14-31-22)26-27-23-15-18(2)19(3)16-24(23)32-26/h9-12,15-16,22H,4-8,13-14,17H2,1-3H3. The summed E-state index contributed by atoms with van der Waals surface area (Å²) in [4.78, 5) is 20.2. The molecule has 1 aliphatic rings. The normalized spacial score (nSPS) is 15.9. The number of fused-ring (bicyclic) bond motifs is 1. The molecule has 0 radical (unpaired) electrons. The van der Waals surface area contributed by atoms with E-state index in [1.165, 1.54) is 17.5 Å².